The van der Waals surface area contributed by atoms with E-state index in [2.05, 4.69) is 26.7 Å². The lowest BCUT2D eigenvalue weighted by Gasteiger charge is -2.24. The minimum atomic E-state index is 0.0968. The summed E-state index contributed by atoms with van der Waals surface area (Å²) in [7, 11) is 0. The average molecular weight is 321 g/mol. The number of nitrogens with zero attached hydrogens (tertiary/aromatic N) is 4. The number of aromatic nitrogens is 4. The van der Waals surface area contributed by atoms with Crippen molar-refractivity contribution in [1.29, 1.82) is 0 Å². The highest BCUT2D eigenvalue weighted by atomic mass is 16.5. The molecule has 3 heterocycles. The first-order chi connectivity index (χ1) is 11.9. The van der Waals surface area contributed by atoms with Gasteiger partial charge in [0.2, 0.25) is 0 Å². The van der Waals surface area contributed by atoms with Gasteiger partial charge in [-0.3, -0.25) is 4.98 Å². The molecule has 6 nitrogen and oxygen atoms in total. The first-order valence-electron chi connectivity index (χ1n) is 8.09. The van der Waals surface area contributed by atoms with Crippen LogP contribution in [0.2, 0.25) is 0 Å². The summed E-state index contributed by atoms with van der Waals surface area (Å²) < 4.78 is 7.94. The Morgan fingerprint density at radius 2 is 2.08 bits per heavy atom. The maximum Gasteiger partial charge on any atom is 0.118 e. The molecule has 4 rings (SSSR count). The van der Waals surface area contributed by atoms with Gasteiger partial charge in [-0.05, 0) is 11.6 Å². The fraction of sp³-hybridized carbons (Fsp3) is 0.278. The quantitative estimate of drug-likeness (QED) is 0.779. The van der Waals surface area contributed by atoms with Crippen LogP contribution < -0.4 is 5.32 Å². The predicted molar refractivity (Wildman–Crippen MR) is 90.0 cm³/mol. The van der Waals surface area contributed by atoms with Crippen molar-refractivity contribution in [2.24, 2.45) is 0 Å². The van der Waals surface area contributed by atoms with Gasteiger partial charge in [0.05, 0.1) is 24.9 Å². The molecule has 0 amide bonds. The van der Waals surface area contributed by atoms with Crippen molar-refractivity contribution in [2.75, 3.05) is 6.54 Å². The van der Waals surface area contributed by atoms with E-state index in [0.717, 1.165) is 36.6 Å². The van der Waals surface area contributed by atoms with Gasteiger partial charge >= 0.3 is 0 Å². The molecule has 24 heavy (non-hydrogen) atoms. The molecule has 0 fully saturated rings. The summed E-state index contributed by atoms with van der Waals surface area (Å²) in [6.07, 6.45) is 3.75. The van der Waals surface area contributed by atoms with Crippen LogP contribution >= 0.6 is 0 Å². The van der Waals surface area contributed by atoms with Crippen molar-refractivity contribution in [3.63, 3.8) is 0 Å². The first-order valence-corrected chi connectivity index (χ1v) is 8.09. The Morgan fingerprint density at radius 3 is 2.92 bits per heavy atom. The predicted octanol–water partition coefficient (Wildman–Crippen LogP) is 2.03. The monoisotopic (exact) mass is 321 g/mol. The van der Waals surface area contributed by atoms with Crippen molar-refractivity contribution in [3.05, 3.63) is 66.1 Å². The van der Waals surface area contributed by atoms with E-state index in [1.807, 2.05) is 47.3 Å². The van der Waals surface area contributed by atoms with Crippen LogP contribution in [-0.4, -0.2) is 32.6 Å². The molecular formula is C18H19N5O. The number of fused-ring (bicyclic) bond motifs is 1. The van der Waals surface area contributed by atoms with Crippen LogP contribution in [0, 0.1) is 0 Å². The molecule has 0 spiro atoms. The minimum absolute atomic E-state index is 0.0968. The van der Waals surface area contributed by atoms with Gasteiger partial charge in [-0.25, -0.2) is 4.68 Å². The Balaban J connectivity index is 1.37. The summed E-state index contributed by atoms with van der Waals surface area (Å²) in [5, 5.41) is 12.0. The smallest absolute Gasteiger partial charge is 0.118 e. The molecule has 0 unspecified atom stereocenters. The number of ether oxygens (including phenoxy) is 1. The third-order valence-electron chi connectivity index (χ3n) is 4.14. The molecule has 1 aliphatic rings. The Bertz CT molecular complexity index is 788. The van der Waals surface area contributed by atoms with Crippen LogP contribution in [0.5, 0.6) is 0 Å². The molecule has 1 atom stereocenters. The zero-order chi connectivity index (χ0) is 16.2. The summed E-state index contributed by atoms with van der Waals surface area (Å²) in [6, 6.07) is 14.1. The van der Waals surface area contributed by atoms with Gasteiger partial charge in [-0.2, -0.15) is 0 Å². The van der Waals surface area contributed by atoms with Crippen LogP contribution in [0.3, 0.4) is 0 Å². The summed E-state index contributed by atoms with van der Waals surface area (Å²) in [4.78, 5) is 4.12. The number of rotatable bonds is 5. The highest BCUT2D eigenvalue weighted by Gasteiger charge is 2.23. The zero-order valence-corrected chi connectivity index (χ0v) is 13.3. The molecule has 1 N–H and O–H groups in total. The van der Waals surface area contributed by atoms with Crippen molar-refractivity contribution in [3.8, 4) is 11.3 Å². The number of hydrogen-bond donors (Lipinski definition) is 1. The lowest BCUT2D eigenvalue weighted by Crippen LogP contribution is -2.36. The molecule has 6 heteroatoms. The van der Waals surface area contributed by atoms with Crippen LogP contribution in [0.15, 0.2) is 54.9 Å². The van der Waals surface area contributed by atoms with E-state index in [0.29, 0.717) is 6.61 Å². The van der Waals surface area contributed by atoms with E-state index in [-0.39, 0.29) is 6.10 Å². The maximum absolute atomic E-state index is 5.98. The van der Waals surface area contributed by atoms with Crippen LogP contribution in [-0.2, 0) is 24.4 Å². The van der Waals surface area contributed by atoms with E-state index in [9.17, 15) is 0 Å². The molecule has 3 aromatic rings. The molecule has 0 saturated carbocycles. The summed E-state index contributed by atoms with van der Waals surface area (Å²) in [6.45, 7) is 2.81. The number of nitrogens with one attached hydrogen (secondary N) is 1. The van der Waals surface area contributed by atoms with Gasteiger partial charge in [0.15, 0.2) is 0 Å². The van der Waals surface area contributed by atoms with E-state index < -0.39 is 0 Å². The fourth-order valence-electron chi connectivity index (χ4n) is 2.89. The molecule has 1 aliphatic heterocycles. The fourth-order valence-corrected chi connectivity index (χ4v) is 2.89. The van der Waals surface area contributed by atoms with E-state index >= 15 is 0 Å². The highest BCUT2D eigenvalue weighted by Crippen LogP contribution is 2.24. The Hall–Kier alpha value is -2.57. The second-order valence-corrected chi connectivity index (χ2v) is 5.86. The lowest BCUT2D eigenvalue weighted by molar-refractivity contribution is 0.00125. The van der Waals surface area contributed by atoms with Crippen molar-refractivity contribution in [2.45, 2.75) is 25.8 Å². The van der Waals surface area contributed by atoms with E-state index in [1.165, 1.54) is 5.56 Å². The Labute approximate surface area is 140 Å². The van der Waals surface area contributed by atoms with E-state index in [4.69, 9.17) is 4.74 Å². The number of hydrogen-bond acceptors (Lipinski definition) is 5. The molecule has 0 aliphatic carbocycles. The zero-order valence-electron chi connectivity index (χ0n) is 13.3. The Morgan fingerprint density at radius 1 is 1.17 bits per heavy atom. The summed E-state index contributed by atoms with van der Waals surface area (Å²) >= 11 is 0. The number of pyridine rings is 1. The van der Waals surface area contributed by atoms with Gasteiger partial charge in [-0.15, -0.1) is 5.10 Å². The second kappa shape index (κ2) is 6.90. The maximum atomic E-state index is 5.98. The van der Waals surface area contributed by atoms with Crippen LogP contribution in [0.4, 0.5) is 0 Å². The average Bonchev–Trinajstić information content (AvgIpc) is 3.07. The third-order valence-corrected chi connectivity index (χ3v) is 4.14. The lowest BCUT2D eigenvalue weighted by atomic mass is 10.1. The van der Waals surface area contributed by atoms with Gasteiger partial charge < -0.3 is 10.1 Å². The van der Waals surface area contributed by atoms with Gasteiger partial charge in [0.25, 0.3) is 0 Å². The molecule has 2 aromatic heterocycles. The van der Waals surface area contributed by atoms with Crippen LogP contribution in [0.1, 0.15) is 11.3 Å². The third kappa shape index (κ3) is 3.20. The second-order valence-electron chi connectivity index (χ2n) is 5.86. The largest absolute Gasteiger partial charge is 0.369 e. The minimum Gasteiger partial charge on any atom is -0.369 e. The number of benzene rings is 1. The summed E-state index contributed by atoms with van der Waals surface area (Å²) in [5.74, 6) is 0. The molecule has 0 radical (unpaired) electrons. The summed E-state index contributed by atoms with van der Waals surface area (Å²) in [5.41, 5.74) is 4.21. The van der Waals surface area contributed by atoms with Crippen LogP contribution in [0.25, 0.3) is 11.3 Å². The molecule has 0 saturated heterocycles. The molecular weight excluding hydrogens is 302 g/mol. The van der Waals surface area contributed by atoms with Gasteiger partial charge in [0, 0.05) is 31.0 Å². The van der Waals surface area contributed by atoms with Gasteiger partial charge in [-0.1, -0.05) is 41.6 Å². The SMILES string of the molecule is c1ccc(-c2nnn3c2CO[C@@H](CNCc2cccnc2)C3)cc1. The van der Waals surface area contributed by atoms with E-state index in [1.54, 1.807) is 6.20 Å². The standard InChI is InChI=1S/C18H19N5O/c1-2-6-15(7-3-1)18-17-13-24-16(12-23(17)22-21-18)11-20-10-14-5-4-8-19-9-14/h1-9,16,20H,10-13H2/t16-/m0/s1. The van der Waals surface area contributed by atoms with Gasteiger partial charge in [0.1, 0.15) is 5.69 Å². The van der Waals surface area contributed by atoms with Crippen molar-refractivity contribution in [1.82, 2.24) is 25.3 Å². The molecule has 122 valence electrons. The molecule has 1 aromatic carbocycles. The topological polar surface area (TPSA) is 64.9 Å². The normalized spacial score (nSPS) is 16.8. The highest BCUT2D eigenvalue weighted by molar-refractivity contribution is 5.61. The Kier molecular flexibility index (Phi) is 4.31. The molecule has 0 bridgehead atoms. The van der Waals surface area contributed by atoms with Crippen molar-refractivity contribution < 1.29 is 4.74 Å². The first kappa shape index (κ1) is 15.0. The van der Waals surface area contributed by atoms with Crippen molar-refractivity contribution >= 4 is 0 Å².